The molecule has 1 unspecified atom stereocenters. The van der Waals surface area contributed by atoms with Gasteiger partial charge in [0.1, 0.15) is 12.6 Å². The minimum atomic E-state index is -0.719. The molecule has 1 saturated heterocycles. The van der Waals surface area contributed by atoms with Gasteiger partial charge in [0.05, 0.1) is 13.1 Å². The Bertz CT molecular complexity index is 1110. The number of hydrogen-bond acceptors (Lipinski definition) is 5. The van der Waals surface area contributed by atoms with Crippen LogP contribution >= 0.6 is 0 Å². The van der Waals surface area contributed by atoms with Gasteiger partial charge in [0.2, 0.25) is 11.8 Å². The van der Waals surface area contributed by atoms with Gasteiger partial charge in [-0.3, -0.25) is 19.3 Å². The molecule has 2 aliphatic heterocycles. The summed E-state index contributed by atoms with van der Waals surface area (Å²) in [5, 5.41) is 5.39. The van der Waals surface area contributed by atoms with E-state index in [1.54, 1.807) is 53.4 Å². The van der Waals surface area contributed by atoms with Gasteiger partial charge in [-0.05, 0) is 42.7 Å². The number of hydrogen-bond donors (Lipinski definition) is 2. The smallest absolute Gasteiger partial charge is 0.414 e. The second-order valence-electron chi connectivity index (χ2n) is 8.02. The van der Waals surface area contributed by atoms with Gasteiger partial charge in [-0.2, -0.15) is 0 Å². The topological polar surface area (TPSA) is 108 Å². The van der Waals surface area contributed by atoms with Gasteiger partial charge < -0.3 is 20.3 Å². The molecule has 0 spiro atoms. The number of carbonyl (C=O) groups is 4. The van der Waals surface area contributed by atoms with Crippen molar-refractivity contribution in [2.24, 2.45) is 0 Å². The maximum Gasteiger partial charge on any atom is 0.414 e. The zero-order chi connectivity index (χ0) is 22.2. The number of rotatable bonds is 6. The Morgan fingerprint density at radius 1 is 1.06 bits per heavy atom. The van der Waals surface area contributed by atoms with E-state index in [0.717, 1.165) is 12.8 Å². The van der Waals surface area contributed by atoms with E-state index < -0.39 is 18.0 Å². The molecule has 9 heteroatoms. The number of carbonyl (C=O) groups excluding carboxylic acids is 4. The lowest BCUT2D eigenvalue weighted by atomic mass is 10.0. The normalized spacial score (nSPS) is 19.6. The highest BCUT2D eigenvalue weighted by Crippen LogP contribution is 2.41. The predicted molar refractivity (Wildman–Crippen MR) is 115 cm³/mol. The molecule has 5 rings (SSSR count). The van der Waals surface area contributed by atoms with Crippen molar-refractivity contribution in [3.8, 4) is 0 Å². The van der Waals surface area contributed by atoms with Crippen molar-refractivity contribution in [2.45, 2.75) is 24.9 Å². The SMILES string of the molecule is O=C(CNC(=O)C1c2ccccc2C(=O)N1C1CC1)Nc1cccc(N2CCOC2=O)c1. The average molecular weight is 434 g/mol. The first-order chi connectivity index (χ1) is 15.5. The van der Waals surface area contributed by atoms with Crippen LogP contribution in [0.4, 0.5) is 16.2 Å². The number of fused-ring (bicyclic) bond motifs is 1. The van der Waals surface area contributed by atoms with Gasteiger partial charge in [0.25, 0.3) is 5.91 Å². The van der Waals surface area contributed by atoms with Crippen molar-refractivity contribution in [1.82, 2.24) is 10.2 Å². The molecular formula is C23H22N4O5. The van der Waals surface area contributed by atoms with Crippen LogP contribution in [0.1, 0.15) is 34.8 Å². The molecule has 2 fully saturated rings. The molecule has 2 heterocycles. The van der Waals surface area contributed by atoms with Gasteiger partial charge in [-0.1, -0.05) is 24.3 Å². The molecule has 1 saturated carbocycles. The zero-order valence-corrected chi connectivity index (χ0v) is 17.2. The quantitative estimate of drug-likeness (QED) is 0.724. The van der Waals surface area contributed by atoms with Gasteiger partial charge in [-0.25, -0.2) is 4.79 Å². The summed E-state index contributed by atoms with van der Waals surface area (Å²) in [5.41, 5.74) is 2.34. The van der Waals surface area contributed by atoms with Crippen LogP contribution in [-0.2, 0) is 14.3 Å². The Morgan fingerprint density at radius 3 is 2.62 bits per heavy atom. The summed E-state index contributed by atoms with van der Waals surface area (Å²) in [5.74, 6) is -0.918. The number of ether oxygens (including phenoxy) is 1. The molecule has 0 aromatic heterocycles. The molecular weight excluding hydrogens is 412 g/mol. The standard InChI is InChI=1S/C23H22N4O5/c28-19(25-14-4-3-5-16(12-14)26-10-11-32-23(26)31)13-24-21(29)20-17-6-1-2-7-18(17)22(30)27(20)15-8-9-15/h1-7,12,15,20H,8-11,13H2,(H,24,29)(H,25,28). The molecule has 0 radical (unpaired) electrons. The number of anilines is 2. The third-order valence-corrected chi connectivity index (χ3v) is 5.81. The molecule has 2 N–H and O–H groups in total. The van der Waals surface area contributed by atoms with Gasteiger partial charge in [0.15, 0.2) is 0 Å². The number of nitrogens with zero attached hydrogens (tertiary/aromatic N) is 2. The van der Waals surface area contributed by atoms with Crippen molar-refractivity contribution in [3.63, 3.8) is 0 Å². The van der Waals surface area contributed by atoms with Crippen LogP contribution in [0.2, 0.25) is 0 Å². The first-order valence-electron chi connectivity index (χ1n) is 10.6. The van der Waals surface area contributed by atoms with Crippen molar-refractivity contribution in [1.29, 1.82) is 0 Å². The van der Waals surface area contributed by atoms with Crippen LogP contribution in [0.5, 0.6) is 0 Å². The largest absolute Gasteiger partial charge is 0.447 e. The van der Waals surface area contributed by atoms with E-state index in [-0.39, 0.29) is 24.4 Å². The highest BCUT2D eigenvalue weighted by Gasteiger charge is 2.47. The monoisotopic (exact) mass is 434 g/mol. The maximum absolute atomic E-state index is 13.0. The maximum atomic E-state index is 13.0. The zero-order valence-electron chi connectivity index (χ0n) is 17.2. The van der Waals surface area contributed by atoms with E-state index in [2.05, 4.69) is 10.6 Å². The molecule has 0 bridgehead atoms. The van der Waals surface area contributed by atoms with E-state index in [1.807, 2.05) is 0 Å². The summed E-state index contributed by atoms with van der Waals surface area (Å²) >= 11 is 0. The van der Waals surface area contributed by atoms with E-state index in [9.17, 15) is 19.2 Å². The molecule has 32 heavy (non-hydrogen) atoms. The average Bonchev–Trinajstić information content (AvgIpc) is 3.47. The molecule has 4 amide bonds. The van der Waals surface area contributed by atoms with Crippen molar-refractivity contribution in [3.05, 3.63) is 59.7 Å². The van der Waals surface area contributed by atoms with E-state index in [4.69, 9.17) is 4.74 Å². The summed E-state index contributed by atoms with van der Waals surface area (Å²) in [7, 11) is 0. The predicted octanol–water partition coefficient (Wildman–Crippen LogP) is 2.06. The summed E-state index contributed by atoms with van der Waals surface area (Å²) in [4.78, 5) is 53.1. The molecule has 164 valence electrons. The van der Waals surface area contributed by atoms with Gasteiger partial charge in [0, 0.05) is 23.0 Å². The fourth-order valence-corrected chi connectivity index (χ4v) is 4.18. The second-order valence-corrected chi connectivity index (χ2v) is 8.02. The Morgan fingerprint density at radius 2 is 1.88 bits per heavy atom. The summed E-state index contributed by atoms with van der Waals surface area (Å²) < 4.78 is 4.94. The lowest BCUT2D eigenvalue weighted by molar-refractivity contribution is -0.127. The second kappa shape index (κ2) is 7.99. The van der Waals surface area contributed by atoms with E-state index in [1.165, 1.54) is 4.90 Å². The Kier molecular flexibility index (Phi) is 5.01. The lowest BCUT2D eigenvalue weighted by Crippen LogP contribution is -2.42. The third kappa shape index (κ3) is 3.66. The van der Waals surface area contributed by atoms with Gasteiger partial charge >= 0.3 is 6.09 Å². The van der Waals surface area contributed by atoms with Crippen LogP contribution in [0.25, 0.3) is 0 Å². The first-order valence-corrected chi connectivity index (χ1v) is 10.6. The van der Waals surface area contributed by atoms with Crippen LogP contribution in [0.3, 0.4) is 0 Å². The highest BCUT2D eigenvalue weighted by atomic mass is 16.6. The molecule has 1 aliphatic carbocycles. The van der Waals surface area contributed by atoms with Gasteiger partial charge in [-0.15, -0.1) is 0 Å². The highest BCUT2D eigenvalue weighted by molar-refractivity contribution is 6.05. The summed E-state index contributed by atoms with van der Waals surface area (Å²) in [6.45, 7) is 0.539. The number of nitrogens with one attached hydrogen (secondary N) is 2. The van der Waals surface area contributed by atoms with Crippen LogP contribution in [0.15, 0.2) is 48.5 Å². The minimum Gasteiger partial charge on any atom is -0.447 e. The third-order valence-electron chi connectivity index (χ3n) is 5.81. The number of cyclic esters (lactones) is 1. The van der Waals surface area contributed by atoms with Crippen LogP contribution < -0.4 is 15.5 Å². The van der Waals surface area contributed by atoms with Crippen LogP contribution in [-0.4, -0.2) is 54.5 Å². The molecule has 1 atom stereocenters. The lowest BCUT2D eigenvalue weighted by Gasteiger charge is -2.24. The Balaban J connectivity index is 1.23. The molecule has 2 aromatic carbocycles. The van der Waals surface area contributed by atoms with Crippen LogP contribution in [0, 0.1) is 0 Å². The molecule has 2 aromatic rings. The minimum absolute atomic E-state index is 0.0690. The number of benzene rings is 2. The Hall–Kier alpha value is -3.88. The molecule has 9 nitrogen and oxygen atoms in total. The fourth-order valence-electron chi connectivity index (χ4n) is 4.18. The Labute approximate surface area is 184 Å². The van der Waals surface area contributed by atoms with E-state index >= 15 is 0 Å². The number of amides is 4. The van der Waals surface area contributed by atoms with E-state index in [0.29, 0.717) is 35.7 Å². The summed E-state index contributed by atoms with van der Waals surface area (Å²) in [6, 6.07) is 13.3. The van der Waals surface area contributed by atoms with Crippen molar-refractivity contribution < 1.29 is 23.9 Å². The molecule has 3 aliphatic rings. The summed E-state index contributed by atoms with van der Waals surface area (Å²) in [6.07, 6.45) is 1.34. The van der Waals surface area contributed by atoms with Crippen molar-refractivity contribution >= 4 is 35.2 Å². The van der Waals surface area contributed by atoms with Crippen molar-refractivity contribution in [2.75, 3.05) is 29.9 Å². The fraction of sp³-hybridized carbons (Fsp3) is 0.304. The first kappa shape index (κ1) is 20.0.